The van der Waals surface area contributed by atoms with Crippen LogP contribution in [0.5, 0.6) is 5.75 Å². The van der Waals surface area contributed by atoms with Crippen molar-refractivity contribution in [3.63, 3.8) is 0 Å². The van der Waals surface area contributed by atoms with E-state index in [1.807, 2.05) is 13.1 Å². The summed E-state index contributed by atoms with van der Waals surface area (Å²) in [6, 6.07) is 2.56. The van der Waals surface area contributed by atoms with E-state index in [0.29, 0.717) is 6.54 Å². The summed E-state index contributed by atoms with van der Waals surface area (Å²) in [7, 11) is 2.58. The van der Waals surface area contributed by atoms with Crippen LogP contribution in [0.2, 0.25) is 0 Å². The van der Waals surface area contributed by atoms with Gasteiger partial charge in [-0.3, -0.25) is 14.8 Å². The Kier molecular flexibility index (Phi) is 5.35. The van der Waals surface area contributed by atoms with Crippen molar-refractivity contribution in [1.82, 2.24) is 9.78 Å². The average Bonchev–Trinajstić information content (AvgIpc) is 3.06. The number of methoxy groups -OCH3 is 2. The number of benzene rings is 1. The summed E-state index contributed by atoms with van der Waals surface area (Å²) in [4.78, 5) is 22.4. The highest BCUT2D eigenvalue weighted by Gasteiger charge is 2.23. The van der Waals surface area contributed by atoms with Crippen molar-refractivity contribution in [3.05, 3.63) is 45.8 Å². The van der Waals surface area contributed by atoms with Gasteiger partial charge >= 0.3 is 5.97 Å². The smallest absolute Gasteiger partial charge is 0.338 e. The molecule has 1 aromatic carbocycles. The van der Waals surface area contributed by atoms with Crippen LogP contribution in [0.4, 0.5) is 11.4 Å². The van der Waals surface area contributed by atoms with E-state index in [1.165, 1.54) is 20.3 Å². The van der Waals surface area contributed by atoms with Gasteiger partial charge in [-0.05, 0) is 13.0 Å². The van der Waals surface area contributed by atoms with Crippen LogP contribution in [-0.2, 0) is 17.8 Å². The molecule has 0 aliphatic carbocycles. The number of nitro benzene ring substituents is 1. The standard InChI is InChI=1S/C15H18N4O5/c1-4-18-9-10(8-17-18)7-16-14-12(19(21)22)5-11(15(20)24-3)6-13(14)23-2/h5-6,8-9,16H,4,7H2,1-3H3. The lowest BCUT2D eigenvalue weighted by Gasteiger charge is -2.12. The molecule has 1 heterocycles. The minimum atomic E-state index is -0.674. The third-order valence-corrected chi connectivity index (χ3v) is 3.40. The maximum Gasteiger partial charge on any atom is 0.338 e. The summed E-state index contributed by atoms with van der Waals surface area (Å²) in [6.45, 7) is 3.02. The van der Waals surface area contributed by atoms with Crippen LogP contribution >= 0.6 is 0 Å². The van der Waals surface area contributed by atoms with Gasteiger partial charge in [0.05, 0.1) is 30.9 Å². The number of nitrogens with one attached hydrogen (secondary N) is 1. The lowest BCUT2D eigenvalue weighted by Crippen LogP contribution is -2.08. The molecule has 0 bridgehead atoms. The number of aromatic nitrogens is 2. The number of nitro groups is 1. The SMILES string of the molecule is CCn1cc(CNc2c(OC)cc(C(=O)OC)cc2[N+](=O)[O-])cn1. The molecule has 128 valence electrons. The van der Waals surface area contributed by atoms with E-state index in [2.05, 4.69) is 15.2 Å². The summed E-state index contributed by atoms with van der Waals surface area (Å²) in [5.41, 5.74) is 0.840. The molecular weight excluding hydrogens is 316 g/mol. The Morgan fingerprint density at radius 1 is 1.42 bits per heavy atom. The molecule has 2 aromatic rings. The highest BCUT2D eigenvalue weighted by Crippen LogP contribution is 2.36. The summed E-state index contributed by atoms with van der Waals surface area (Å²) < 4.78 is 11.5. The maximum atomic E-state index is 11.7. The first-order valence-corrected chi connectivity index (χ1v) is 7.20. The molecule has 1 N–H and O–H groups in total. The van der Waals surface area contributed by atoms with Gasteiger partial charge in [-0.2, -0.15) is 5.10 Å². The number of esters is 1. The monoisotopic (exact) mass is 334 g/mol. The molecule has 0 spiro atoms. The van der Waals surface area contributed by atoms with Crippen molar-refractivity contribution in [2.45, 2.75) is 20.0 Å². The zero-order chi connectivity index (χ0) is 17.7. The molecule has 0 radical (unpaired) electrons. The molecule has 0 unspecified atom stereocenters. The Hall–Kier alpha value is -3.10. The molecule has 0 saturated heterocycles. The van der Waals surface area contributed by atoms with Crippen molar-refractivity contribution in [3.8, 4) is 5.75 Å². The Balaban J connectivity index is 2.35. The highest BCUT2D eigenvalue weighted by atomic mass is 16.6. The minimum Gasteiger partial charge on any atom is -0.494 e. The molecule has 0 saturated carbocycles. The first-order valence-electron chi connectivity index (χ1n) is 7.20. The van der Waals surface area contributed by atoms with Crippen molar-refractivity contribution in [2.24, 2.45) is 0 Å². The largest absolute Gasteiger partial charge is 0.494 e. The van der Waals surface area contributed by atoms with Crippen molar-refractivity contribution < 1.29 is 19.2 Å². The molecule has 0 aliphatic heterocycles. The second-order valence-corrected chi connectivity index (χ2v) is 4.88. The molecule has 0 atom stereocenters. The number of hydrogen-bond donors (Lipinski definition) is 1. The molecule has 0 amide bonds. The molecule has 2 rings (SSSR count). The van der Waals surface area contributed by atoms with Gasteiger partial charge in [-0.25, -0.2) is 4.79 Å². The first kappa shape index (κ1) is 17.3. The predicted molar refractivity (Wildman–Crippen MR) is 86.2 cm³/mol. The van der Waals surface area contributed by atoms with E-state index in [0.717, 1.165) is 18.2 Å². The van der Waals surface area contributed by atoms with Crippen molar-refractivity contribution >= 4 is 17.3 Å². The molecule has 0 aliphatic rings. The van der Waals surface area contributed by atoms with Gasteiger partial charge in [-0.1, -0.05) is 0 Å². The van der Waals surface area contributed by atoms with Gasteiger partial charge in [0.15, 0.2) is 5.69 Å². The third kappa shape index (κ3) is 3.62. The van der Waals surface area contributed by atoms with Crippen LogP contribution in [0, 0.1) is 10.1 Å². The molecule has 1 aromatic heterocycles. The van der Waals surface area contributed by atoms with Crippen molar-refractivity contribution in [2.75, 3.05) is 19.5 Å². The number of carbonyl (C=O) groups is 1. The average molecular weight is 334 g/mol. The van der Waals surface area contributed by atoms with Crippen LogP contribution in [0.15, 0.2) is 24.5 Å². The lowest BCUT2D eigenvalue weighted by atomic mass is 10.1. The van der Waals surface area contributed by atoms with Crippen LogP contribution in [0.25, 0.3) is 0 Å². The number of aryl methyl sites for hydroxylation is 1. The maximum absolute atomic E-state index is 11.7. The number of anilines is 1. The van der Waals surface area contributed by atoms with Crippen LogP contribution in [-0.4, -0.2) is 34.9 Å². The molecule has 0 fully saturated rings. The second-order valence-electron chi connectivity index (χ2n) is 4.88. The summed E-state index contributed by atoms with van der Waals surface area (Å²) in [6.07, 6.45) is 3.52. The van der Waals surface area contributed by atoms with Crippen molar-refractivity contribution in [1.29, 1.82) is 0 Å². The van der Waals surface area contributed by atoms with Gasteiger partial charge in [0.25, 0.3) is 5.69 Å². The predicted octanol–water partition coefficient (Wildman–Crippen LogP) is 2.22. The van der Waals surface area contributed by atoms with E-state index < -0.39 is 10.9 Å². The number of hydrogen-bond acceptors (Lipinski definition) is 7. The lowest BCUT2D eigenvalue weighted by molar-refractivity contribution is -0.384. The topological polar surface area (TPSA) is 109 Å². The van der Waals surface area contributed by atoms with Crippen LogP contribution in [0.3, 0.4) is 0 Å². The van der Waals surface area contributed by atoms with E-state index in [1.54, 1.807) is 10.9 Å². The molecule has 9 nitrogen and oxygen atoms in total. The highest BCUT2D eigenvalue weighted by molar-refractivity contribution is 5.92. The van der Waals surface area contributed by atoms with Gasteiger partial charge in [0.1, 0.15) is 5.75 Å². The zero-order valence-corrected chi connectivity index (χ0v) is 13.6. The summed E-state index contributed by atoms with van der Waals surface area (Å²) >= 11 is 0. The fraction of sp³-hybridized carbons (Fsp3) is 0.333. The fourth-order valence-electron chi connectivity index (χ4n) is 2.18. The summed E-state index contributed by atoms with van der Waals surface area (Å²) in [5, 5.41) is 18.5. The van der Waals surface area contributed by atoms with E-state index in [-0.39, 0.29) is 22.7 Å². The fourth-order valence-corrected chi connectivity index (χ4v) is 2.18. The van der Waals surface area contributed by atoms with Crippen LogP contribution in [0.1, 0.15) is 22.8 Å². The Labute approximate surface area is 138 Å². The van der Waals surface area contributed by atoms with E-state index >= 15 is 0 Å². The number of carbonyl (C=O) groups excluding carboxylic acids is 1. The summed E-state index contributed by atoms with van der Waals surface area (Å²) in [5.74, 6) is -0.486. The van der Waals surface area contributed by atoms with Gasteiger partial charge < -0.3 is 14.8 Å². The quantitative estimate of drug-likeness (QED) is 0.470. The number of rotatable bonds is 7. The van der Waals surface area contributed by atoms with E-state index in [4.69, 9.17) is 4.74 Å². The molecule has 24 heavy (non-hydrogen) atoms. The van der Waals surface area contributed by atoms with Gasteiger partial charge in [0, 0.05) is 30.9 Å². The Bertz CT molecular complexity index is 756. The molecule has 9 heteroatoms. The minimum absolute atomic E-state index is 0.0467. The number of nitrogens with zero attached hydrogens (tertiary/aromatic N) is 3. The number of ether oxygens (including phenoxy) is 2. The van der Waals surface area contributed by atoms with Gasteiger partial charge in [-0.15, -0.1) is 0 Å². The first-order chi connectivity index (χ1) is 11.5. The Morgan fingerprint density at radius 2 is 2.17 bits per heavy atom. The Morgan fingerprint density at radius 3 is 2.71 bits per heavy atom. The van der Waals surface area contributed by atoms with Crippen LogP contribution < -0.4 is 10.1 Å². The third-order valence-electron chi connectivity index (χ3n) is 3.40. The van der Waals surface area contributed by atoms with Gasteiger partial charge in [0.2, 0.25) is 0 Å². The zero-order valence-electron chi connectivity index (χ0n) is 13.6. The normalized spacial score (nSPS) is 10.3. The van der Waals surface area contributed by atoms with E-state index in [9.17, 15) is 14.9 Å². The second kappa shape index (κ2) is 7.44. The molecular formula is C15H18N4O5.